The summed E-state index contributed by atoms with van der Waals surface area (Å²) in [6.07, 6.45) is 0.800. The minimum absolute atomic E-state index is 0.400. The Bertz CT molecular complexity index is 370. The minimum Gasteiger partial charge on any atom is -0.380 e. The van der Waals surface area contributed by atoms with Gasteiger partial charge in [0.25, 0.3) is 0 Å². The topological polar surface area (TPSA) is 66.6 Å². The number of piperidine rings is 1. The number of para-hydroxylation sites is 1. The van der Waals surface area contributed by atoms with Crippen LogP contribution in [0.5, 0.6) is 0 Å². The number of nitrogens with zero attached hydrogens (tertiary/aromatic N) is 1. The van der Waals surface area contributed by atoms with Gasteiger partial charge in [0.05, 0.1) is 0 Å². The van der Waals surface area contributed by atoms with Crippen LogP contribution in [0, 0.1) is 0 Å². The van der Waals surface area contributed by atoms with Gasteiger partial charge in [-0.2, -0.15) is 0 Å². The number of aliphatic hydroxyl groups is 1. The van der Waals surface area contributed by atoms with Gasteiger partial charge in [0, 0.05) is 31.6 Å². The molecule has 1 amide bonds. The van der Waals surface area contributed by atoms with E-state index in [2.05, 4.69) is 4.90 Å². The van der Waals surface area contributed by atoms with Crippen molar-refractivity contribution < 1.29 is 9.90 Å². The molecule has 0 saturated carbocycles. The molecule has 2 rings (SSSR count). The van der Waals surface area contributed by atoms with Crippen molar-refractivity contribution in [2.75, 3.05) is 18.0 Å². The third-order valence-electron chi connectivity index (χ3n) is 3.17. The molecule has 0 aromatic heterocycles. The second kappa shape index (κ2) is 4.14. The van der Waals surface area contributed by atoms with Crippen molar-refractivity contribution in [3.8, 4) is 0 Å². The standard InChI is InChI=1S/C12H16N2O2/c13-11(15)12(16)6-8-14(9-7-12)10-4-2-1-3-5-10/h1-5,16H,6-9H2,(H2,13,15). The molecule has 3 N–H and O–H groups in total. The minimum atomic E-state index is -1.31. The normalized spacial score (nSPS) is 19.4. The molecule has 0 aliphatic carbocycles. The van der Waals surface area contributed by atoms with Crippen LogP contribution in [-0.4, -0.2) is 29.7 Å². The van der Waals surface area contributed by atoms with Crippen molar-refractivity contribution in [1.82, 2.24) is 0 Å². The van der Waals surface area contributed by atoms with Gasteiger partial charge >= 0.3 is 0 Å². The van der Waals surface area contributed by atoms with Crippen LogP contribution >= 0.6 is 0 Å². The molecule has 4 heteroatoms. The molecule has 1 heterocycles. The van der Waals surface area contributed by atoms with Crippen molar-refractivity contribution in [2.24, 2.45) is 5.73 Å². The zero-order valence-corrected chi connectivity index (χ0v) is 9.10. The van der Waals surface area contributed by atoms with Gasteiger partial charge in [0.1, 0.15) is 5.60 Å². The lowest BCUT2D eigenvalue weighted by Crippen LogP contribution is -2.52. The quantitative estimate of drug-likeness (QED) is 0.763. The molecule has 0 radical (unpaired) electrons. The number of carbonyl (C=O) groups excluding carboxylic acids is 1. The second-order valence-electron chi connectivity index (χ2n) is 4.22. The van der Waals surface area contributed by atoms with Gasteiger partial charge in [-0.05, 0) is 12.1 Å². The summed E-state index contributed by atoms with van der Waals surface area (Å²) in [5, 5.41) is 9.91. The fourth-order valence-electron chi connectivity index (χ4n) is 2.02. The number of nitrogens with two attached hydrogens (primary N) is 1. The second-order valence-corrected chi connectivity index (χ2v) is 4.22. The highest BCUT2D eigenvalue weighted by Crippen LogP contribution is 2.25. The van der Waals surface area contributed by atoms with Gasteiger partial charge in [-0.1, -0.05) is 18.2 Å². The highest BCUT2D eigenvalue weighted by molar-refractivity contribution is 5.83. The number of benzene rings is 1. The smallest absolute Gasteiger partial charge is 0.249 e. The van der Waals surface area contributed by atoms with Crippen LogP contribution in [0.1, 0.15) is 12.8 Å². The molecule has 0 bridgehead atoms. The summed E-state index contributed by atoms with van der Waals surface area (Å²) in [6.45, 7) is 1.31. The van der Waals surface area contributed by atoms with Crippen molar-refractivity contribution >= 4 is 11.6 Å². The van der Waals surface area contributed by atoms with Crippen molar-refractivity contribution in [3.05, 3.63) is 30.3 Å². The first kappa shape index (κ1) is 11.0. The van der Waals surface area contributed by atoms with Crippen LogP contribution < -0.4 is 10.6 Å². The summed E-state index contributed by atoms with van der Waals surface area (Å²) >= 11 is 0. The lowest BCUT2D eigenvalue weighted by Gasteiger charge is -2.37. The molecule has 1 aromatic rings. The number of hydrogen-bond donors (Lipinski definition) is 2. The Hall–Kier alpha value is -1.55. The third kappa shape index (κ3) is 2.02. The van der Waals surface area contributed by atoms with Gasteiger partial charge in [-0.3, -0.25) is 4.79 Å². The lowest BCUT2D eigenvalue weighted by molar-refractivity contribution is -0.138. The average molecular weight is 220 g/mol. The summed E-state index contributed by atoms with van der Waals surface area (Å²) in [7, 11) is 0. The van der Waals surface area contributed by atoms with Crippen LogP contribution in [0.4, 0.5) is 5.69 Å². The number of primary amides is 1. The highest BCUT2D eigenvalue weighted by atomic mass is 16.3. The molecule has 1 fully saturated rings. The van der Waals surface area contributed by atoms with Gasteiger partial charge in [0.2, 0.25) is 5.91 Å². The first-order valence-electron chi connectivity index (χ1n) is 5.44. The number of carbonyl (C=O) groups is 1. The first-order chi connectivity index (χ1) is 7.62. The van der Waals surface area contributed by atoms with Gasteiger partial charge in [0.15, 0.2) is 0 Å². The van der Waals surface area contributed by atoms with Crippen LogP contribution in [0.15, 0.2) is 30.3 Å². The Balaban J connectivity index is 2.03. The summed E-state index contributed by atoms with van der Waals surface area (Å²) < 4.78 is 0. The molecular formula is C12H16N2O2. The first-order valence-corrected chi connectivity index (χ1v) is 5.44. The summed E-state index contributed by atoms with van der Waals surface area (Å²) in [5.74, 6) is -0.611. The molecule has 1 saturated heterocycles. The van der Waals surface area contributed by atoms with Crippen molar-refractivity contribution in [1.29, 1.82) is 0 Å². The molecule has 1 aliphatic heterocycles. The van der Waals surface area contributed by atoms with Crippen LogP contribution in [0.25, 0.3) is 0 Å². The average Bonchev–Trinajstić information content (AvgIpc) is 2.31. The van der Waals surface area contributed by atoms with E-state index in [4.69, 9.17) is 5.73 Å². The Morgan fingerprint density at radius 3 is 2.31 bits per heavy atom. The molecule has 16 heavy (non-hydrogen) atoms. The molecule has 86 valence electrons. The van der Waals surface area contributed by atoms with Gasteiger partial charge in [-0.25, -0.2) is 0 Å². The van der Waals surface area contributed by atoms with E-state index < -0.39 is 11.5 Å². The molecule has 0 spiro atoms. The Kier molecular flexibility index (Phi) is 2.83. The largest absolute Gasteiger partial charge is 0.380 e. The zero-order chi connectivity index (χ0) is 11.6. The Morgan fingerprint density at radius 1 is 1.25 bits per heavy atom. The van der Waals surface area contributed by atoms with E-state index in [9.17, 15) is 9.90 Å². The van der Waals surface area contributed by atoms with Crippen LogP contribution in [-0.2, 0) is 4.79 Å². The fourth-order valence-corrected chi connectivity index (χ4v) is 2.02. The van der Waals surface area contributed by atoms with Crippen molar-refractivity contribution in [3.63, 3.8) is 0 Å². The number of anilines is 1. The molecular weight excluding hydrogens is 204 g/mol. The molecule has 0 unspecified atom stereocenters. The van der Waals surface area contributed by atoms with Crippen molar-refractivity contribution in [2.45, 2.75) is 18.4 Å². The molecule has 0 atom stereocenters. The molecule has 1 aliphatic rings. The van der Waals surface area contributed by atoms with E-state index in [1.54, 1.807) is 0 Å². The maximum Gasteiger partial charge on any atom is 0.249 e. The Labute approximate surface area is 94.7 Å². The zero-order valence-electron chi connectivity index (χ0n) is 9.10. The molecule has 4 nitrogen and oxygen atoms in total. The predicted molar refractivity (Wildman–Crippen MR) is 62.0 cm³/mol. The van der Waals surface area contributed by atoms with E-state index in [1.165, 1.54) is 0 Å². The highest BCUT2D eigenvalue weighted by Gasteiger charge is 2.37. The predicted octanol–water partition coefficient (Wildman–Crippen LogP) is 0.503. The number of amides is 1. The Morgan fingerprint density at radius 2 is 1.81 bits per heavy atom. The summed E-state index contributed by atoms with van der Waals surface area (Å²) in [4.78, 5) is 13.2. The van der Waals surface area contributed by atoms with E-state index in [-0.39, 0.29) is 0 Å². The monoisotopic (exact) mass is 220 g/mol. The summed E-state index contributed by atoms with van der Waals surface area (Å²) in [5.41, 5.74) is 4.98. The molecule has 1 aromatic carbocycles. The SMILES string of the molecule is NC(=O)C1(O)CCN(c2ccccc2)CC1. The van der Waals surface area contributed by atoms with Gasteiger partial charge in [-0.15, -0.1) is 0 Å². The number of rotatable bonds is 2. The summed E-state index contributed by atoms with van der Waals surface area (Å²) in [6, 6.07) is 9.96. The van der Waals surface area contributed by atoms with E-state index in [1.807, 2.05) is 30.3 Å². The maximum atomic E-state index is 11.1. The fraction of sp³-hybridized carbons (Fsp3) is 0.417. The maximum absolute atomic E-state index is 11.1. The van der Waals surface area contributed by atoms with Gasteiger partial charge < -0.3 is 15.7 Å². The van der Waals surface area contributed by atoms with E-state index in [0.717, 1.165) is 5.69 Å². The lowest BCUT2D eigenvalue weighted by atomic mass is 9.90. The van der Waals surface area contributed by atoms with E-state index >= 15 is 0 Å². The van der Waals surface area contributed by atoms with Crippen LogP contribution in [0.3, 0.4) is 0 Å². The number of hydrogen-bond acceptors (Lipinski definition) is 3. The van der Waals surface area contributed by atoms with Crippen LogP contribution in [0.2, 0.25) is 0 Å². The third-order valence-corrected chi connectivity index (χ3v) is 3.17. The van der Waals surface area contributed by atoms with E-state index in [0.29, 0.717) is 25.9 Å².